The van der Waals surface area contributed by atoms with Crippen LogP contribution in [0.25, 0.3) is 5.82 Å². The molecule has 0 aliphatic heterocycles. The van der Waals surface area contributed by atoms with Gasteiger partial charge >= 0.3 is 6.03 Å². The Hall–Kier alpha value is -2.37. The summed E-state index contributed by atoms with van der Waals surface area (Å²) >= 11 is 0. The van der Waals surface area contributed by atoms with Gasteiger partial charge in [-0.25, -0.2) is 9.78 Å². The number of carbonyl (C=O) groups is 1. The summed E-state index contributed by atoms with van der Waals surface area (Å²) in [6.45, 7) is 4.06. The maximum absolute atomic E-state index is 12.1. The molecule has 0 radical (unpaired) electrons. The summed E-state index contributed by atoms with van der Waals surface area (Å²) in [5.41, 5.74) is 1.02. The topological polar surface area (TPSA) is 71.8 Å². The van der Waals surface area contributed by atoms with E-state index < -0.39 is 0 Å². The van der Waals surface area contributed by atoms with Crippen molar-refractivity contribution < 1.29 is 4.79 Å². The SMILES string of the molecule is Cc1ccnc(-n2nccc2NC(=O)NC2(C)CCC2)c1. The minimum atomic E-state index is -0.202. The first-order valence-corrected chi connectivity index (χ1v) is 7.12. The lowest BCUT2D eigenvalue weighted by atomic mass is 9.79. The van der Waals surface area contributed by atoms with E-state index in [4.69, 9.17) is 0 Å². The third-order valence-corrected chi connectivity index (χ3v) is 3.87. The van der Waals surface area contributed by atoms with Crippen molar-refractivity contribution in [2.24, 2.45) is 0 Å². The molecule has 1 saturated carbocycles. The molecule has 3 rings (SSSR count). The van der Waals surface area contributed by atoms with Gasteiger partial charge in [0.2, 0.25) is 0 Å². The lowest BCUT2D eigenvalue weighted by Crippen LogP contribution is -2.52. The van der Waals surface area contributed by atoms with Gasteiger partial charge < -0.3 is 5.32 Å². The average Bonchev–Trinajstić information content (AvgIpc) is 2.85. The van der Waals surface area contributed by atoms with Gasteiger partial charge in [0, 0.05) is 17.8 Å². The van der Waals surface area contributed by atoms with Crippen LogP contribution in [0.5, 0.6) is 0 Å². The van der Waals surface area contributed by atoms with Crippen LogP contribution >= 0.6 is 0 Å². The van der Waals surface area contributed by atoms with Crippen molar-refractivity contribution in [2.75, 3.05) is 5.32 Å². The normalized spacial score (nSPS) is 16.1. The fourth-order valence-electron chi connectivity index (χ4n) is 2.47. The molecule has 0 aromatic carbocycles. The first-order valence-electron chi connectivity index (χ1n) is 7.12. The van der Waals surface area contributed by atoms with E-state index in [1.807, 2.05) is 19.1 Å². The highest BCUT2D eigenvalue weighted by atomic mass is 16.2. The Morgan fingerprint density at radius 1 is 1.33 bits per heavy atom. The van der Waals surface area contributed by atoms with Gasteiger partial charge in [-0.3, -0.25) is 5.32 Å². The van der Waals surface area contributed by atoms with Crippen molar-refractivity contribution in [3.8, 4) is 5.82 Å². The maximum atomic E-state index is 12.1. The van der Waals surface area contributed by atoms with Gasteiger partial charge in [0.1, 0.15) is 5.82 Å². The lowest BCUT2D eigenvalue weighted by Gasteiger charge is -2.38. The summed E-state index contributed by atoms with van der Waals surface area (Å²) in [7, 11) is 0. The lowest BCUT2D eigenvalue weighted by molar-refractivity contribution is 0.200. The molecule has 2 aromatic rings. The van der Waals surface area contributed by atoms with Crippen LogP contribution in [-0.2, 0) is 0 Å². The number of amides is 2. The number of rotatable bonds is 3. The minimum absolute atomic E-state index is 0.0729. The molecule has 21 heavy (non-hydrogen) atoms. The van der Waals surface area contributed by atoms with Crippen LogP contribution in [0, 0.1) is 6.92 Å². The number of aromatic nitrogens is 3. The van der Waals surface area contributed by atoms with Crippen LogP contribution in [0.2, 0.25) is 0 Å². The van der Waals surface area contributed by atoms with E-state index >= 15 is 0 Å². The average molecular weight is 285 g/mol. The number of nitrogens with zero attached hydrogens (tertiary/aromatic N) is 3. The van der Waals surface area contributed by atoms with Crippen molar-refractivity contribution in [3.05, 3.63) is 36.2 Å². The number of nitrogens with one attached hydrogen (secondary N) is 2. The third-order valence-electron chi connectivity index (χ3n) is 3.87. The second-order valence-electron chi connectivity index (χ2n) is 5.81. The Morgan fingerprint density at radius 2 is 2.14 bits per heavy atom. The van der Waals surface area contributed by atoms with E-state index in [-0.39, 0.29) is 11.6 Å². The van der Waals surface area contributed by atoms with Crippen LogP contribution < -0.4 is 10.6 Å². The molecule has 2 heterocycles. The molecule has 2 amide bonds. The van der Waals surface area contributed by atoms with Gasteiger partial charge in [0.05, 0.1) is 6.20 Å². The third kappa shape index (κ3) is 2.89. The second kappa shape index (κ2) is 5.20. The highest BCUT2D eigenvalue weighted by Crippen LogP contribution is 2.30. The first kappa shape index (κ1) is 13.6. The summed E-state index contributed by atoms with van der Waals surface area (Å²) in [5, 5.41) is 10.1. The second-order valence-corrected chi connectivity index (χ2v) is 5.81. The van der Waals surface area contributed by atoms with Gasteiger partial charge in [0.25, 0.3) is 0 Å². The van der Waals surface area contributed by atoms with Gasteiger partial charge in [-0.1, -0.05) is 0 Å². The summed E-state index contributed by atoms with van der Waals surface area (Å²) in [4.78, 5) is 16.4. The number of anilines is 1. The van der Waals surface area contributed by atoms with Crippen molar-refractivity contribution in [1.29, 1.82) is 0 Å². The zero-order valence-corrected chi connectivity index (χ0v) is 12.3. The summed E-state index contributed by atoms with van der Waals surface area (Å²) in [6, 6.07) is 5.40. The van der Waals surface area contributed by atoms with E-state index in [1.165, 1.54) is 6.42 Å². The molecule has 2 aromatic heterocycles. The number of hydrogen-bond donors (Lipinski definition) is 2. The number of carbonyl (C=O) groups excluding carboxylic acids is 1. The number of urea groups is 1. The minimum Gasteiger partial charge on any atom is -0.333 e. The smallest absolute Gasteiger partial charge is 0.320 e. The molecule has 0 spiro atoms. The van der Waals surface area contributed by atoms with Crippen LogP contribution in [0.1, 0.15) is 31.7 Å². The van der Waals surface area contributed by atoms with Crippen LogP contribution in [0.3, 0.4) is 0 Å². The zero-order valence-electron chi connectivity index (χ0n) is 12.3. The Kier molecular flexibility index (Phi) is 3.37. The molecule has 1 aliphatic rings. The van der Waals surface area contributed by atoms with E-state index in [1.54, 1.807) is 23.1 Å². The van der Waals surface area contributed by atoms with Crippen LogP contribution in [0.4, 0.5) is 10.6 Å². The summed E-state index contributed by atoms with van der Waals surface area (Å²) < 4.78 is 1.62. The van der Waals surface area contributed by atoms with Crippen LogP contribution in [0.15, 0.2) is 30.6 Å². The predicted octanol–water partition coefficient (Wildman–Crippen LogP) is 2.64. The van der Waals surface area contributed by atoms with E-state index in [0.717, 1.165) is 18.4 Å². The molecule has 6 heteroatoms. The number of aryl methyl sites for hydroxylation is 1. The van der Waals surface area contributed by atoms with Gasteiger partial charge in [-0.15, -0.1) is 0 Å². The fraction of sp³-hybridized carbons (Fsp3) is 0.400. The maximum Gasteiger partial charge on any atom is 0.320 e. The fourth-order valence-corrected chi connectivity index (χ4v) is 2.47. The molecule has 1 fully saturated rings. The Bertz CT molecular complexity index is 660. The van der Waals surface area contributed by atoms with Gasteiger partial charge in [0.15, 0.2) is 5.82 Å². The highest BCUT2D eigenvalue weighted by molar-refractivity contribution is 5.89. The molecule has 2 N–H and O–H groups in total. The molecule has 0 bridgehead atoms. The number of hydrogen-bond acceptors (Lipinski definition) is 3. The van der Waals surface area contributed by atoms with Crippen molar-refractivity contribution >= 4 is 11.8 Å². The molecule has 0 unspecified atom stereocenters. The van der Waals surface area contributed by atoms with Crippen molar-refractivity contribution in [3.63, 3.8) is 0 Å². The summed E-state index contributed by atoms with van der Waals surface area (Å²) in [5.74, 6) is 1.29. The Labute approximate surface area is 123 Å². The Morgan fingerprint density at radius 3 is 2.81 bits per heavy atom. The molecular weight excluding hydrogens is 266 g/mol. The Balaban J connectivity index is 1.75. The summed E-state index contributed by atoms with van der Waals surface area (Å²) in [6.07, 6.45) is 6.59. The highest BCUT2D eigenvalue weighted by Gasteiger charge is 2.33. The van der Waals surface area contributed by atoms with E-state index in [0.29, 0.717) is 11.6 Å². The molecular formula is C15H19N5O. The molecule has 6 nitrogen and oxygen atoms in total. The van der Waals surface area contributed by atoms with E-state index in [2.05, 4.69) is 27.6 Å². The first-order chi connectivity index (χ1) is 10.1. The molecule has 0 atom stereocenters. The molecule has 0 saturated heterocycles. The van der Waals surface area contributed by atoms with Crippen molar-refractivity contribution in [1.82, 2.24) is 20.1 Å². The van der Waals surface area contributed by atoms with Gasteiger partial charge in [-0.2, -0.15) is 9.78 Å². The predicted molar refractivity (Wildman–Crippen MR) is 80.5 cm³/mol. The van der Waals surface area contributed by atoms with Gasteiger partial charge in [-0.05, 0) is 50.8 Å². The molecule has 110 valence electrons. The largest absolute Gasteiger partial charge is 0.333 e. The van der Waals surface area contributed by atoms with Crippen molar-refractivity contribution in [2.45, 2.75) is 38.6 Å². The zero-order chi connectivity index (χ0) is 14.9. The molecule has 1 aliphatic carbocycles. The quantitative estimate of drug-likeness (QED) is 0.910. The monoisotopic (exact) mass is 285 g/mol. The van der Waals surface area contributed by atoms with Crippen LogP contribution in [-0.4, -0.2) is 26.3 Å². The standard InChI is InChI=1S/C15H19N5O/c1-11-4-8-16-13(10-11)20-12(5-9-17-20)18-14(21)19-15(2)6-3-7-15/h4-5,8-10H,3,6-7H2,1-2H3,(H2,18,19,21). The number of pyridine rings is 1. The van der Waals surface area contributed by atoms with E-state index in [9.17, 15) is 4.79 Å².